The summed E-state index contributed by atoms with van der Waals surface area (Å²) in [6, 6.07) is 8.73. The Balaban J connectivity index is 2.24. The van der Waals surface area contributed by atoms with Gasteiger partial charge < -0.3 is 9.47 Å². The van der Waals surface area contributed by atoms with Crippen LogP contribution >= 0.6 is 23.2 Å². The molecule has 8 heteroatoms. The molecule has 2 aromatic carbocycles. The van der Waals surface area contributed by atoms with Crippen LogP contribution in [0.5, 0.6) is 11.5 Å². The minimum Gasteiger partial charge on any atom is -0.465 e. The van der Waals surface area contributed by atoms with Crippen molar-refractivity contribution in [3.8, 4) is 11.5 Å². The van der Waals surface area contributed by atoms with Gasteiger partial charge >= 0.3 is 11.7 Å². The Morgan fingerprint density at radius 1 is 1.09 bits per heavy atom. The molecule has 0 aliphatic rings. The highest BCUT2D eigenvalue weighted by Gasteiger charge is 2.19. The van der Waals surface area contributed by atoms with E-state index in [0.717, 1.165) is 0 Å². The summed E-state index contributed by atoms with van der Waals surface area (Å²) in [5.74, 6) is 0.188. The van der Waals surface area contributed by atoms with Crippen LogP contribution in [0.3, 0.4) is 0 Å². The number of hydrogen-bond acceptors (Lipinski definition) is 5. The lowest BCUT2D eigenvalue weighted by Crippen LogP contribution is -2.00. The third-order valence-electron chi connectivity index (χ3n) is 2.68. The SMILES string of the molecule is COC(=O)c1ccc(Oc2cc(Cl)c([N+](=O)[O-])c(Cl)c2)cc1. The van der Waals surface area contributed by atoms with E-state index in [0.29, 0.717) is 11.3 Å². The highest BCUT2D eigenvalue weighted by atomic mass is 35.5. The Hall–Kier alpha value is -2.31. The molecule has 22 heavy (non-hydrogen) atoms. The predicted octanol–water partition coefficient (Wildman–Crippen LogP) is 4.48. The third-order valence-corrected chi connectivity index (χ3v) is 3.26. The van der Waals surface area contributed by atoms with Crippen molar-refractivity contribution in [2.24, 2.45) is 0 Å². The molecule has 2 aromatic rings. The van der Waals surface area contributed by atoms with Crippen LogP contribution in [-0.2, 0) is 4.74 Å². The fourth-order valence-corrected chi connectivity index (χ4v) is 2.29. The Bertz CT molecular complexity index is 708. The average Bonchev–Trinajstić information content (AvgIpc) is 2.46. The number of rotatable bonds is 4. The molecule has 0 aliphatic carbocycles. The number of nitro groups is 1. The van der Waals surface area contributed by atoms with Crippen LogP contribution in [-0.4, -0.2) is 18.0 Å². The molecule has 0 unspecified atom stereocenters. The first-order valence-electron chi connectivity index (χ1n) is 5.92. The molecule has 0 aromatic heterocycles. The lowest BCUT2D eigenvalue weighted by Gasteiger charge is -2.08. The fourth-order valence-electron chi connectivity index (χ4n) is 1.69. The van der Waals surface area contributed by atoms with Crippen LogP contribution in [0.1, 0.15) is 10.4 Å². The third kappa shape index (κ3) is 3.47. The maximum absolute atomic E-state index is 11.3. The standard InChI is InChI=1S/C14H9Cl2NO5/c1-21-14(18)8-2-4-9(5-3-8)22-10-6-11(15)13(17(19)20)12(16)7-10/h2-7H,1H3. The topological polar surface area (TPSA) is 78.7 Å². The number of ether oxygens (including phenoxy) is 2. The molecule has 0 atom stereocenters. The van der Waals surface area contributed by atoms with Gasteiger partial charge in [0, 0.05) is 12.1 Å². The molecule has 0 heterocycles. The van der Waals surface area contributed by atoms with Crippen molar-refractivity contribution in [3.05, 3.63) is 62.1 Å². The molecular weight excluding hydrogens is 333 g/mol. The van der Waals surface area contributed by atoms with E-state index in [1.807, 2.05) is 0 Å². The quantitative estimate of drug-likeness (QED) is 0.465. The summed E-state index contributed by atoms with van der Waals surface area (Å²) in [4.78, 5) is 21.4. The summed E-state index contributed by atoms with van der Waals surface area (Å²) in [6.07, 6.45) is 0. The van der Waals surface area contributed by atoms with Crippen molar-refractivity contribution in [2.75, 3.05) is 7.11 Å². The van der Waals surface area contributed by atoms with Crippen molar-refractivity contribution < 1.29 is 19.2 Å². The molecule has 0 N–H and O–H groups in total. The van der Waals surface area contributed by atoms with E-state index in [2.05, 4.69) is 4.74 Å². The molecule has 2 rings (SSSR count). The van der Waals surface area contributed by atoms with Crippen molar-refractivity contribution >= 4 is 34.9 Å². The molecule has 0 amide bonds. The zero-order valence-corrected chi connectivity index (χ0v) is 12.7. The molecular formula is C14H9Cl2NO5. The second kappa shape index (κ2) is 6.64. The second-order valence-electron chi connectivity index (χ2n) is 4.11. The van der Waals surface area contributed by atoms with E-state index in [1.54, 1.807) is 12.1 Å². The largest absolute Gasteiger partial charge is 0.465 e. The first kappa shape index (κ1) is 16.1. The second-order valence-corrected chi connectivity index (χ2v) is 4.93. The van der Waals surface area contributed by atoms with Crippen molar-refractivity contribution in [1.82, 2.24) is 0 Å². The van der Waals surface area contributed by atoms with Gasteiger partial charge in [0.2, 0.25) is 0 Å². The van der Waals surface area contributed by atoms with Crippen molar-refractivity contribution in [1.29, 1.82) is 0 Å². The lowest BCUT2D eigenvalue weighted by atomic mass is 10.2. The first-order chi connectivity index (χ1) is 10.4. The molecule has 0 saturated carbocycles. The fraction of sp³-hybridized carbons (Fsp3) is 0.0714. The monoisotopic (exact) mass is 341 g/mol. The lowest BCUT2D eigenvalue weighted by molar-refractivity contribution is -0.384. The Morgan fingerprint density at radius 2 is 1.64 bits per heavy atom. The highest BCUT2D eigenvalue weighted by Crippen LogP contribution is 2.37. The van der Waals surface area contributed by atoms with Gasteiger partial charge in [0.1, 0.15) is 21.5 Å². The molecule has 114 valence electrons. The normalized spacial score (nSPS) is 10.1. The number of carbonyl (C=O) groups excluding carboxylic acids is 1. The van der Waals surface area contributed by atoms with E-state index in [4.69, 9.17) is 27.9 Å². The van der Waals surface area contributed by atoms with Gasteiger partial charge in [-0.25, -0.2) is 4.79 Å². The van der Waals surface area contributed by atoms with E-state index in [-0.39, 0.29) is 21.5 Å². The summed E-state index contributed by atoms with van der Waals surface area (Å²) < 4.78 is 10.1. The number of benzene rings is 2. The number of halogens is 2. The van der Waals surface area contributed by atoms with Crippen LogP contribution in [0.2, 0.25) is 10.0 Å². The van der Waals surface area contributed by atoms with Gasteiger partial charge in [0.25, 0.3) is 0 Å². The van der Waals surface area contributed by atoms with Crippen LogP contribution < -0.4 is 4.74 Å². The van der Waals surface area contributed by atoms with Crippen LogP contribution in [0.25, 0.3) is 0 Å². The number of esters is 1. The molecule has 6 nitrogen and oxygen atoms in total. The Kier molecular flexibility index (Phi) is 4.85. The summed E-state index contributed by atoms with van der Waals surface area (Å²) in [5, 5.41) is 10.5. The number of nitro benzene ring substituents is 1. The van der Waals surface area contributed by atoms with E-state index < -0.39 is 10.9 Å². The van der Waals surface area contributed by atoms with Gasteiger partial charge in [-0.2, -0.15) is 0 Å². The van der Waals surface area contributed by atoms with Gasteiger partial charge in [-0.15, -0.1) is 0 Å². The Labute approximate surface area is 135 Å². The van der Waals surface area contributed by atoms with Crippen molar-refractivity contribution in [2.45, 2.75) is 0 Å². The van der Waals surface area contributed by atoms with Gasteiger partial charge in [-0.3, -0.25) is 10.1 Å². The minimum atomic E-state index is -0.667. The van der Waals surface area contributed by atoms with E-state index in [9.17, 15) is 14.9 Å². The smallest absolute Gasteiger partial charge is 0.337 e. The maximum atomic E-state index is 11.3. The number of hydrogen-bond donors (Lipinski definition) is 0. The van der Waals surface area contributed by atoms with E-state index >= 15 is 0 Å². The number of carbonyl (C=O) groups is 1. The van der Waals surface area contributed by atoms with E-state index in [1.165, 1.54) is 31.4 Å². The van der Waals surface area contributed by atoms with Crippen LogP contribution in [0.15, 0.2) is 36.4 Å². The summed E-state index contributed by atoms with van der Waals surface area (Å²) in [7, 11) is 1.29. The predicted molar refractivity (Wildman–Crippen MR) is 81.0 cm³/mol. The molecule has 0 aliphatic heterocycles. The first-order valence-corrected chi connectivity index (χ1v) is 6.67. The summed E-state index contributed by atoms with van der Waals surface area (Å²) in [6.45, 7) is 0. The average molecular weight is 342 g/mol. The molecule has 0 radical (unpaired) electrons. The number of methoxy groups -OCH3 is 1. The molecule has 0 spiro atoms. The maximum Gasteiger partial charge on any atom is 0.337 e. The molecule has 0 fully saturated rings. The van der Waals surface area contributed by atoms with Gasteiger partial charge in [-0.1, -0.05) is 23.2 Å². The summed E-state index contributed by atoms with van der Waals surface area (Å²) >= 11 is 11.6. The zero-order chi connectivity index (χ0) is 16.3. The molecule has 0 bridgehead atoms. The Morgan fingerprint density at radius 3 is 2.09 bits per heavy atom. The minimum absolute atomic E-state index is 0.126. The highest BCUT2D eigenvalue weighted by molar-refractivity contribution is 6.38. The van der Waals surface area contributed by atoms with Crippen molar-refractivity contribution in [3.63, 3.8) is 0 Å². The van der Waals surface area contributed by atoms with Crippen LogP contribution in [0, 0.1) is 10.1 Å². The zero-order valence-electron chi connectivity index (χ0n) is 11.2. The van der Waals surface area contributed by atoms with Gasteiger partial charge in [0.15, 0.2) is 0 Å². The van der Waals surface area contributed by atoms with Gasteiger partial charge in [-0.05, 0) is 24.3 Å². The van der Waals surface area contributed by atoms with Crippen LogP contribution in [0.4, 0.5) is 5.69 Å². The van der Waals surface area contributed by atoms with Gasteiger partial charge in [0.05, 0.1) is 17.6 Å². The summed E-state index contributed by atoms with van der Waals surface area (Å²) in [5.41, 5.74) is -0.00802. The number of nitrogens with zero attached hydrogens (tertiary/aromatic N) is 1. The molecule has 0 saturated heterocycles.